The fraction of sp³-hybridized carbons (Fsp3) is 0.176. The highest BCUT2D eigenvalue weighted by Gasteiger charge is 2.13. The standard InChI is InChI=1S/C17H14BrFN2O2/c1-23-13-6-7-15-14(10-13)17(22)21(16(20-15)8-9-18)12-4-2-11(19)3-5-12/h2-7,10H,8-9H2,1H3. The van der Waals surface area contributed by atoms with Gasteiger partial charge in [-0.15, -0.1) is 0 Å². The van der Waals surface area contributed by atoms with E-state index < -0.39 is 0 Å². The molecule has 0 aliphatic rings. The van der Waals surface area contributed by atoms with Crippen molar-refractivity contribution in [3.8, 4) is 11.4 Å². The molecular weight excluding hydrogens is 363 g/mol. The quantitative estimate of drug-likeness (QED) is 0.654. The van der Waals surface area contributed by atoms with E-state index in [1.165, 1.54) is 16.7 Å². The molecule has 6 heteroatoms. The summed E-state index contributed by atoms with van der Waals surface area (Å²) in [5.41, 5.74) is 1.01. The normalized spacial score (nSPS) is 10.9. The first-order valence-corrected chi connectivity index (χ1v) is 8.18. The van der Waals surface area contributed by atoms with Crippen molar-refractivity contribution in [1.82, 2.24) is 9.55 Å². The molecule has 0 bridgehead atoms. The Kier molecular flexibility index (Phi) is 4.43. The molecule has 0 radical (unpaired) electrons. The van der Waals surface area contributed by atoms with Gasteiger partial charge in [0.1, 0.15) is 17.4 Å². The number of rotatable bonds is 4. The molecule has 0 fully saturated rings. The Morgan fingerprint density at radius 2 is 1.96 bits per heavy atom. The van der Waals surface area contributed by atoms with Crippen LogP contribution in [-0.2, 0) is 6.42 Å². The Hall–Kier alpha value is -2.21. The lowest BCUT2D eigenvalue weighted by Gasteiger charge is -2.13. The van der Waals surface area contributed by atoms with E-state index in [2.05, 4.69) is 20.9 Å². The Morgan fingerprint density at radius 1 is 1.22 bits per heavy atom. The number of aryl methyl sites for hydroxylation is 1. The lowest BCUT2D eigenvalue weighted by atomic mass is 10.2. The Balaban J connectivity index is 2.32. The molecule has 0 N–H and O–H groups in total. The average molecular weight is 377 g/mol. The fourth-order valence-electron chi connectivity index (χ4n) is 2.45. The molecule has 0 saturated heterocycles. The van der Waals surface area contributed by atoms with Crippen molar-refractivity contribution >= 4 is 26.8 Å². The summed E-state index contributed by atoms with van der Waals surface area (Å²) < 4.78 is 19.9. The largest absolute Gasteiger partial charge is 0.497 e. The molecule has 0 unspecified atom stereocenters. The molecule has 23 heavy (non-hydrogen) atoms. The van der Waals surface area contributed by atoms with Crippen LogP contribution in [0.25, 0.3) is 16.6 Å². The maximum Gasteiger partial charge on any atom is 0.266 e. The first-order valence-electron chi connectivity index (χ1n) is 7.05. The predicted octanol–water partition coefficient (Wildman–Crippen LogP) is 3.47. The zero-order valence-corrected chi connectivity index (χ0v) is 14.0. The predicted molar refractivity (Wildman–Crippen MR) is 91.3 cm³/mol. The van der Waals surface area contributed by atoms with Crippen molar-refractivity contribution < 1.29 is 9.13 Å². The third kappa shape index (κ3) is 2.99. The van der Waals surface area contributed by atoms with Gasteiger partial charge in [-0.05, 0) is 42.5 Å². The molecule has 0 saturated carbocycles. The van der Waals surface area contributed by atoms with E-state index in [-0.39, 0.29) is 11.4 Å². The number of nitrogens with zero attached hydrogens (tertiary/aromatic N) is 2. The van der Waals surface area contributed by atoms with Gasteiger partial charge in [0.2, 0.25) is 0 Å². The highest BCUT2D eigenvalue weighted by Crippen LogP contribution is 2.19. The van der Waals surface area contributed by atoms with Crippen LogP contribution >= 0.6 is 15.9 Å². The molecule has 1 heterocycles. The van der Waals surface area contributed by atoms with Crippen LogP contribution in [0.1, 0.15) is 5.82 Å². The van der Waals surface area contributed by atoms with Gasteiger partial charge >= 0.3 is 0 Å². The van der Waals surface area contributed by atoms with Gasteiger partial charge < -0.3 is 4.74 Å². The molecule has 1 aromatic heterocycles. The first-order chi connectivity index (χ1) is 11.1. The maximum atomic E-state index is 13.2. The van der Waals surface area contributed by atoms with E-state index in [4.69, 9.17) is 4.74 Å². The molecule has 0 aliphatic heterocycles. The van der Waals surface area contributed by atoms with Crippen LogP contribution in [0.2, 0.25) is 0 Å². The molecule has 3 aromatic rings. The Labute approximate surface area is 140 Å². The third-order valence-electron chi connectivity index (χ3n) is 3.55. The van der Waals surface area contributed by atoms with Gasteiger partial charge in [-0.1, -0.05) is 15.9 Å². The van der Waals surface area contributed by atoms with Gasteiger partial charge in [-0.2, -0.15) is 0 Å². The summed E-state index contributed by atoms with van der Waals surface area (Å²) >= 11 is 3.38. The molecule has 2 aromatic carbocycles. The van der Waals surface area contributed by atoms with Crippen LogP contribution in [0, 0.1) is 5.82 Å². The van der Waals surface area contributed by atoms with Crippen molar-refractivity contribution in [2.45, 2.75) is 6.42 Å². The summed E-state index contributed by atoms with van der Waals surface area (Å²) in [6, 6.07) is 11.0. The third-order valence-corrected chi connectivity index (χ3v) is 3.94. The minimum atomic E-state index is -0.348. The number of hydrogen-bond donors (Lipinski definition) is 0. The smallest absolute Gasteiger partial charge is 0.266 e. The Bertz CT molecular complexity index is 907. The van der Waals surface area contributed by atoms with Gasteiger partial charge in [0.05, 0.1) is 23.7 Å². The van der Waals surface area contributed by atoms with Gasteiger partial charge in [-0.25, -0.2) is 9.37 Å². The number of aromatic nitrogens is 2. The second-order valence-electron chi connectivity index (χ2n) is 4.97. The summed E-state index contributed by atoms with van der Waals surface area (Å²) in [4.78, 5) is 17.5. The van der Waals surface area contributed by atoms with Crippen LogP contribution in [-0.4, -0.2) is 22.0 Å². The topological polar surface area (TPSA) is 44.1 Å². The molecule has 0 amide bonds. The Morgan fingerprint density at radius 3 is 2.61 bits per heavy atom. The number of methoxy groups -OCH3 is 1. The minimum absolute atomic E-state index is 0.198. The van der Waals surface area contributed by atoms with E-state index in [1.807, 2.05) is 0 Å². The molecular formula is C17H14BrFN2O2. The molecule has 4 nitrogen and oxygen atoms in total. The van der Waals surface area contributed by atoms with Crippen molar-refractivity contribution in [2.24, 2.45) is 0 Å². The molecule has 3 rings (SSSR count). The van der Waals surface area contributed by atoms with E-state index in [1.54, 1.807) is 37.4 Å². The number of ether oxygens (including phenoxy) is 1. The van der Waals surface area contributed by atoms with Crippen molar-refractivity contribution in [2.75, 3.05) is 12.4 Å². The van der Waals surface area contributed by atoms with Crippen LogP contribution in [0.4, 0.5) is 4.39 Å². The van der Waals surface area contributed by atoms with Gasteiger partial charge in [0.25, 0.3) is 5.56 Å². The van der Waals surface area contributed by atoms with Crippen LogP contribution < -0.4 is 10.3 Å². The molecule has 118 valence electrons. The summed E-state index contributed by atoms with van der Waals surface area (Å²) in [6.07, 6.45) is 0.578. The summed E-state index contributed by atoms with van der Waals surface area (Å²) in [5.74, 6) is 0.866. The molecule has 0 aliphatic carbocycles. The van der Waals surface area contributed by atoms with Crippen LogP contribution in [0.3, 0.4) is 0 Å². The molecule has 0 spiro atoms. The second-order valence-corrected chi connectivity index (χ2v) is 5.76. The monoisotopic (exact) mass is 376 g/mol. The SMILES string of the molecule is COc1ccc2nc(CCBr)n(-c3ccc(F)cc3)c(=O)c2c1. The molecule has 0 atom stereocenters. The second kappa shape index (κ2) is 6.50. The lowest BCUT2D eigenvalue weighted by molar-refractivity contribution is 0.415. The summed E-state index contributed by atoms with van der Waals surface area (Å²) in [6.45, 7) is 0. The van der Waals surface area contributed by atoms with Gasteiger partial charge in [-0.3, -0.25) is 9.36 Å². The van der Waals surface area contributed by atoms with Gasteiger partial charge in [0.15, 0.2) is 0 Å². The number of alkyl halides is 1. The highest BCUT2D eigenvalue weighted by molar-refractivity contribution is 9.09. The summed E-state index contributed by atoms with van der Waals surface area (Å²) in [7, 11) is 1.55. The average Bonchev–Trinajstić information content (AvgIpc) is 2.56. The fourth-order valence-corrected chi connectivity index (χ4v) is 2.80. The number of fused-ring (bicyclic) bond motifs is 1. The van der Waals surface area contributed by atoms with Crippen molar-refractivity contribution in [3.63, 3.8) is 0 Å². The first kappa shape index (κ1) is 15.7. The zero-order chi connectivity index (χ0) is 16.4. The van der Waals surface area contributed by atoms with Crippen LogP contribution in [0.15, 0.2) is 47.3 Å². The number of hydrogen-bond acceptors (Lipinski definition) is 3. The maximum absolute atomic E-state index is 13.2. The minimum Gasteiger partial charge on any atom is -0.497 e. The van der Waals surface area contributed by atoms with E-state index in [0.717, 1.165) is 0 Å². The van der Waals surface area contributed by atoms with Gasteiger partial charge in [0, 0.05) is 11.8 Å². The van der Waals surface area contributed by atoms with E-state index in [9.17, 15) is 9.18 Å². The highest BCUT2D eigenvalue weighted by atomic mass is 79.9. The van der Waals surface area contributed by atoms with Crippen LogP contribution in [0.5, 0.6) is 5.75 Å². The summed E-state index contributed by atoms with van der Waals surface area (Å²) in [5, 5.41) is 1.13. The van der Waals surface area contributed by atoms with Crippen molar-refractivity contribution in [1.29, 1.82) is 0 Å². The van der Waals surface area contributed by atoms with E-state index in [0.29, 0.717) is 39.9 Å². The lowest BCUT2D eigenvalue weighted by Crippen LogP contribution is -2.24. The van der Waals surface area contributed by atoms with E-state index >= 15 is 0 Å². The number of halogens is 2. The van der Waals surface area contributed by atoms with Crippen molar-refractivity contribution in [3.05, 3.63) is 64.5 Å². The zero-order valence-electron chi connectivity index (χ0n) is 12.4. The number of benzene rings is 2.